The summed E-state index contributed by atoms with van der Waals surface area (Å²) in [5.74, 6) is 0.0456. The first kappa shape index (κ1) is 14.4. The minimum absolute atomic E-state index is 0.0456. The molecule has 0 saturated heterocycles. The molecule has 0 aliphatic carbocycles. The average molecular weight is 279 g/mol. The van der Waals surface area contributed by atoms with Gasteiger partial charge in [-0.1, -0.05) is 42.5 Å². The first-order valence-electron chi connectivity index (χ1n) is 6.11. The maximum absolute atomic E-state index is 12.0. The van der Waals surface area contributed by atoms with Gasteiger partial charge in [0.05, 0.1) is 12.1 Å². The first-order chi connectivity index (χ1) is 9.58. The Labute approximate surface area is 115 Å². The number of hydrogen-bond acceptors (Lipinski definition) is 3. The molecule has 2 aromatic carbocycles. The summed E-state index contributed by atoms with van der Waals surface area (Å²) in [5.41, 5.74) is 7.33. The van der Waals surface area contributed by atoms with Gasteiger partial charge in [0.15, 0.2) is 0 Å². The van der Waals surface area contributed by atoms with Crippen molar-refractivity contribution in [2.45, 2.75) is 18.8 Å². The lowest BCUT2D eigenvalue weighted by molar-refractivity contribution is -0.0498. The van der Waals surface area contributed by atoms with Gasteiger partial charge in [-0.05, 0) is 23.3 Å². The molecular formula is C15H15F2NO2. The molecule has 0 saturated carbocycles. The van der Waals surface area contributed by atoms with Gasteiger partial charge in [0.25, 0.3) is 0 Å². The van der Waals surface area contributed by atoms with Crippen LogP contribution in [0.15, 0.2) is 54.6 Å². The Kier molecular flexibility index (Phi) is 4.65. The smallest absolute Gasteiger partial charge is 0.387 e. The summed E-state index contributed by atoms with van der Waals surface area (Å²) in [6, 6.07) is 14.4. The van der Waals surface area contributed by atoms with Crippen molar-refractivity contribution in [2.24, 2.45) is 5.73 Å². The van der Waals surface area contributed by atoms with Gasteiger partial charge in [-0.25, -0.2) is 0 Å². The molecule has 0 aromatic heterocycles. The van der Waals surface area contributed by atoms with E-state index in [0.717, 1.165) is 5.56 Å². The summed E-state index contributed by atoms with van der Waals surface area (Å²) in [6.45, 7) is -2.86. The van der Waals surface area contributed by atoms with E-state index >= 15 is 0 Å². The molecule has 0 spiro atoms. The van der Waals surface area contributed by atoms with Crippen LogP contribution in [0.5, 0.6) is 5.75 Å². The molecule has 3 nitrogen and oxygen atoms in total. The molecule has 106 valence electrons. The Balaban J connectivity index is 2.11. The van der Waals surface area contributed by atoms with Gasteiger partial charge in [-0.3, -0.25) is 0 Å². The Morgan fingerprint density at radius 3 is 2.05 bits per heavy atom. The predicted octanol–water partition coefficient (Wildman–Crippen LogP) is 3.02. The molecule has 0 aliphatic heterocycles. The van der Waals surface area contributed by atoms with E-state index in [1.165, 1.54) is 24.3 Å². The summed E-state index contributed by atoms with van der Waals surface area (Å²) in [6.07, 6.45) is -0.919. The summed E-state index contributed by atoms with van der Waals surface area (Å²) in [4.78, 5) is 0. The second-order valence-electron chi connectivity index (χ2n) is 4.33. The topological polar surface area (TPSA) is 55.5 Å². The van der Waals surface area contributed by atoms with Gasteiger partial charge in [0.1, 0.15) is 5.75 Å². The van der Waals surface area contributed by atoms with Crippen molar-refractivity contribution in [3.63, 3.8) is 0 Å². The molecular weight excluding hydrogens is 264 g/mol. The number of aliphatic hydroxyl groups is 1. The molecule has 0 aliphatic rings. The lowest BCUT2D eigenvalue weighted by Gasteiger charge is -2.19. The molecule has 0 heterocycles. The van der Waals surface area contributed by atoms with Crippen LogP contribution in [0.4, 0.5) is 8.78 Å². The van der Waals surface area contributed by atoms with Crippen LogP contribution in [0.2, 0.25) is 0 Å². The van der Waals surface area contributed by atoms with E-state index < -0.39 is 18.8 Å². The van der Waals surface area contributed by atoms with Crippen LogP contribution in [0.1, 0.15) is 23.3 Å². The van der Waals surface area contributed by atoms with Gasteiger partial charge >= 0.3 is 6.61 Å². The number of rotatable bonds is 5. The second kappa shape index (κ2) is 6.45. The average Bonchev–Trinajstić information content (AvgIpc) is 2.47. The molecule has 2 rings (SSSR count). The van der Waals surface area contributed by atoms with Crippen molar-refractivity contribution in [2.75, 3.05) is 0 Å². The third-order valence-corrected chi connectivity index (χ3v) is 2.97. The van der Waals surface area contributed by atoms with Crippen LogP contribution in [0, 0.1) is 0 Å². The highest BCUT2D eigenvalue weighted by Gasteiger charge is 2.18. The molecule has 2 aromatic rings. The van der Waals surface area contributed by atoms with E-state index in [9.17, 15) is 13.9 Å². The van der Waals surface area contributed by atoms with Gasteiger partial charge in [-0.2, -0.15) is 8.78 Å². The third-order valence-electron chi connectivity index (χ3n) is 2.97. The number of aliphatic hydroxyl groups excluding tert-OH is 1. The van der Waals surface area contributed by atoms with E-state index in [1.54, 1.807) is 0 Å². The van der Waals surface area contributed by atoms with Crippen molar-refractivity contribution in [1.82, 2.24) is 0 Å². The monoisotopic (exact) mass is 279 g/mol. The molecule has 0 radical (unpaired) electrons. The Bertz CT molecular complexity index is 531. The number of hydrogen-bond donors (Lipinski definition) is 2. The SMILES string of the molecule is NC(c1ccccc1)C(O)c1ccc(OC(F)F)cc1. The maximum atomic E-state index is 12.0. The summed E-state index contributed by atoms with van der Waals surface area (Å²) < 4.78 is 28.3. The van der Waals surface area contributed by atoms with E-state index in [0.29, 0.717) is 5.56 Å². The lowest BCUT2D eigenvalue weighted by Crippen LogP contribution is -2.19. The van der Waals surface area contributed by atoms with Crippen molar-refractivity contribution in [3.05, 3.63) is 65.7 Å². The fourth-order valence-electron chi connectivity index (χ4n) is 1.91. The zero-order chi connectivity index (χ0) is 14.5. The highest BCUT2D eigenvalue weighted by atomic mass is 19.3. The number of alkyl halides is 2. The molecule has 3 N–H and O–H groups in total. The summed E-state index contributed by atoms with van der Waals surface area (Å²) in [5, 5.41) is 10.2. The zero-order valence-corrected chi connectivity index (χ0v) is 10.6. The summed E-state index contributed by atoms with van der Waals surface area (Å²) >= 11 is 0. The fourth-order valence-corrected chi connectivity index (χ4v) is 1.91. The standard InChI is InChI=1S/C15H15F2NO2/c16-15(17)20-12-8-6-11(7-9-12)14(19)13(18)10-4-2-1-3-5-10/h1-9,13-15,19H,18H2. The number of halogens is 2. The predicted molar refractivity (Wildman–Crippen MR) is 71.4 cm³/mol. The first-order valence-corrected chi connectivity index (χ1v) is 6.11. The van der Waals surface area contributed by atoms with E-state index in [4.69, 9.17) is 5.73 Å². The Morgan fingerprint density at radius 1 is 0.900 bits per heavy atom. The quantitative estimate of drug-likeness (QED) is 0.884. The zero-order valence-electron chi connectivity index (χ0n) is 10.6. The molecule has 0 amide bonds. The molecule has 0 fully saturated rings. The summed E-state index contributed by atoms with van der Waals surface area (Å²) in [7, 11) is 0. The second-order valence-corrected chi connectivity index (χ2v) is 4.33. The highest BCUT2D eigenvalue weighted by Crippen LogP contribution is 2.28. The molecule has 2 atom stereocenters. The molecule has 5 heteroatoms. The number of ether oxygens (including phenoxy) is 1. The van der Waals surface area contributed by atoms with Crippen molar-refractivity contribution >= 4 is 0 Å². The van der Waals surface area contributed by atoms with Gasteiger partial charge in [0, 0.05) is 0 Å². The van der Waals surface area contributed by atoms with Gasteiger partial charge in [-0.15, -0.1) is 0 Å². The van der Waals surface area contributed by atoms with Crippen molar-refractivity contribution in [3.8, 4) is 5.75 Å². The molecule has 0 bridgehead atoms. The van der Waals surface area contributed by atoms with Gasteiger partial charge in [0.2, 0.25) is 0 Å². The van der Waals surface area contributed by atoms with Crippen LogP contribution in [0.3, 0.4) is 0 Å². The number of nitrogens with two attached hydrogens (primary N) is 1. The molecule has 2 unspecified atom stereocenters. The minimum atomic E-state index is -2.86. The van der Waals surface area contributed by atoms with E-state index in [1.807, 2.05) is 30.3 Å². The molecule has 20 heavy (non-hydrogen) atoms. The van der Waals surface area contributed by atoms with Crippen molar-refractivity contribution in [1.29, 1.82) is 0 Å². The van der Waals surface area contributed by atoms with E-state index in [-0.39, 0.29) is 5.75 Å². The van der Waals surface area contributed by atoms with E-state index in [2.05, 4.69) is 4.74 Å². The highest BCUT2D eigenvalue weighted by molar-refractivity contribution is 5.31. The maximum Gasteiger partial charge on any atom is 0.387 e. The van der Waals surface area contributed by atoms with Gasteiger partial charge < -0.3 is 15.6 Å². The Hall–Kier alpha value is -1.98. The lowest BCUT2D eigenvalue weighted by atomic mass is 9.97. The normalized spacial score (nSPS) is 14.1. The minimum Gasteiger partial charge on any atom is -0.435 e. The fraction of sp³-hybridized carbons (Fsp3) is 0.200. The van der Waals surface area contributed by atoms with Crippen LogP contribution < -0.4 is 10.5 Å². The number of benzene rings is 2. The van der Waals surface area contributed by atoms with Crippen LogP contribution >= 0.6 is 0 Å². The van der Waals surface area contributed by atoms with Crippen molar-refractivity contribution < 1.29 is 18.6 Å². The largest absolute Gasteiger partial charge is 0.435 e. The van der Waals surface area contributed by atoms with Crippen LogP contribution in [0.25, 0.3) is 0 Å². The van der Waals surface area contributed by atoms with Crippen LogP contribution in [-0.2, 0) is 0 Å². The Morgan fingerprint density at radius 2 is 1.50 bits per heavy atom. The van der Waals surface area contributed by atoms with Crippen LogP contribution in [-0.4, -0.2) is 11.7 Å². The third kappa shape index (κ3) is 3.53.